The van der Waals surface area contributed by atoms with Crippen molar-refractivity contribution >= 4 is 28.6 Å². The average Bonchev–Trinajstić information content (AvgIpc) is 3.40. The lowest BCUT2D eigenvalue weighted by molar-refractivity contribution is -0.253. The van der Waals surface area contributed by atoms with E-state index in [0.717, 1.165) is 53.7 Å². The van der Waals surface area contributed by atoms with Gasteiger partial charge in [0.1, 0.15) is 0 Å². The van der Waals surface area contributed by atoms with E-state index in [9.17, 15) is 19.5 Å². The molecular formula is C35H40N4O7. The van der Waals surface area contributed by atoms with Crippen molar-refractivity contribution in [1.82, 2.24) is 14.5 Å². The van der Waals surface area contributed by atoms with Gasteiger partial charge in [-0.05, 0) is 54.7 Å². The fourth-order valence-corrected chi connectivity index (χ4v) is 6.50. The molecule has 3 heterocycles. The van der Waals surface area contributed by atoms with Crippen LogP contribution in [-0.4, -0.2) is 62.3 Å². The zero-order valence-electron chi connectivity index (χ0n) is 25.6. The number of aliphatic carboxylic acids is 1. The van der Waals surface area contributed by atoms with Crippen LogP contribution in [0.1, 0.15) is 73.7 Å². The number of piperidine rings is 1. The fourth-order valence-electron chi connectivity index (χ4n) is 6.50. The molecule has 0 bridgehead atoms. The Morgan fingerprint density at radius 1 is 0.935 bits per heavy atom. The first-order valence-corrected chi connectivity index (χ1v) is 15.9. The van der Waals surface area contributed by atoms with E-state index in [1.165, 1.54) is 0 Å². The molecule has 0 spiro atoms. The first kappa shape index (κ1) is 31.7. The zero-order valence-corrected chi connectivity index (χ0v) is 25.6. The van der Waals surface area contributed by atoms with Gasteiger partial charge < -0.3 is 34.9 Å². The number of fused-ring (bicyclic) bond motifs is 1. The van der Waals surface area contributed by atoms with Crippen LogP contribution < -0.4 is 11.0 Å². The predicted molar refractivity (Wildman–Crippen MR) is 172 cm³/mol. The van der Waals surface area contributed by atoms with Crippen molar-refractivity contribution in [3.63, 3.8) is 0 Å². The van der Waals surface area contributed by atoms with E-state index >= 15 is 0 Å². The summed E-state index contributed by atoms with van der Waals surface area (Å²) in [6.07, 6.45) is 1.64. The number of aromatic amines is 1. The highest BCUT2D eigenvalue weighted by Crippen LogP contribution is 2.39. The number of nitrogens with zero attached hydrogens (tertiary/aromatic N) is 2. The standard InChI is InChI=1S/C35H40N4O7/c40-22-23-11-13-24(14-12-23)31-20-28(21-38-17-15-27(16-18-38)39-30-8-2-1-7-29(30)37-35(39)44)45-34(46-31)25-5-3-6-26(19-25)36-32(41)9-4-10-33(42)43/h1-3,5-8,11-14,19,27-28,31,34,40H,4,9-10,15-18,20-22H2,(H,36,41)(H,37,44)(H,42,43). The third-order valence-corrected chi connectivity index (χ3v) is 8.86. The van der Waals surface area contributed by atoms with Crippen LogP contribution >= 0.6 is 0 Å². The van der Waals surface area contributed by atoms with Gasteiger partial charge >= 0.3 is 11.7 Å². The second-order valence-corrected chi connectivity index (χ2v) is 12.1. The molecule has 4 aromatic rings. The maximum atomic E-state index is 12.8. The molecule has 2 aliphatic rings. The molecule has 3 atom stereocenters. The number of carboxylic acid groups (broad SMARTS) is 1. The Labute approximate surface area is 266 Å². The normalized spacial score (nSPS) is 20.9. The molecule has 3 aromatic carbocycles. The van der Waals surface area contributed by atoms with Crippen LogP contribution in [0.3, 0.4) is 0 Å². The predicted octanol–water partition coefficient (Wildman–Crippen LogP) is 4.90. The molecule has 0 radical (unpaired) electrons. The van der Waals surface area contributed by atoms with Crippen LogP contribution in [0.15, 0.2) is 77.6 Å². The van der Waals surface area contributed by atoms with Crippen LogP contribution in [0.25, 0.3) is 11.0 Å². The molecule has 2 aliphatic heterocycles. The number of carbonyl (C=O) groups is 2. The first-order chi connectivity index (χ1) is 22.4. The van der Waals surface area contributed by atoms with Crippen molar-refractivity contribution in [1.29, 1.82) is 0 Å². The van der Waals surface area contributed by atoms with E-state index in [0.29, 0.717) is 18.7 Å². The molecule has 4 N–H and O–H groups in total. The van der Waals surface area contributed by atoms with E-state index in [-0.39, 0.29) is 55.7 Å². The molecule has 11 nitrogen and oxygen atoms in total. The number of aliphatic hydroxyl groups excluding tert-OH is 1. The number of imidazole rings is 1. The number of amides is 1. The van der Waals surface area contributed by atoms with Crippen LogP contribution in [0.5, 0.6) is 0 Å². The molecule has 2 fully saturated rings. The number of benzene rings is 3. The number of aliphatic hydroxyl groups is 1. The minimum Gasteiger partial charge on any atom is -0.481 e. The SMILES string of the molecule is O=C(O)CCCC(=O)Nc1cccc(C2OC(CN3CCC(n4c(=O)[nH]c5ccccc54)CC3)CC(c3ccc(CO)cc3)O2)c1. The van der Waals surface area contributed by atoms with Crippen molar-refractivity contribution in [2.24, 2.45) is 0 Å². The number of aromatic nitrogens is 2. The van der Waals surface area contributed by atoms with Crippen LogP contribution in [-0.2, 0) is 25.7 Å². The van der Waals surface area contributed by atoms with Crippen molar-refractivity contribution in [2.45, 2.75) is 69.7 Å². The van der Waals surface area contributed by atoms with Gasteiger partial charge in [0.2, 0.25) is 5.91 Å². The molecule has 1 aromatic heterocycles. The number of hydrogen-bond donors (Lipinski definition) is 4. The van der Waals surface area contributed by atoms with Gasteiger partial charge in [0, 0.05) is 56.2 Å². The Balaban J connectivity index is 1.14. The van der Waals surface area contributed by atoms with Crippen molar-refractivity contribution in [3.05, 3.63) is 100.0 Å². The summed E-state index contributed by atoms with van der Waals surface area (Å²) in [6, 6.07) is 23.1. The average molecular weight is 629 g/mol. The minimum atomic E-state index is -0.925. The van der Waals surface area contributed by atoms with Gasteiger partial charge in [-0.2, -0.15) is 0 Å². The topological polar surface area (TPSA) is 146 Å². The summed E-state index contributed by atoms with van der Waals surface area (Å²) in [6.45, 7) is 2.35. The second-order valence-electron chi connectivity index (χ2n) is 12.1. The number of H-pyrrole nitrogens is 1. The van der Waals surface area contributed by atoms with Crippen LogP contribution in [0, 0.1) is 0 Å². The summed E-state index contributed by atoms with van der Waals surface area (Å²) in [7, 11) is 0. The quantitative estimate of drug-likeness (QED) is 0.184. The lowest BCUT2D eigenvalue weighted by Crippen LogP contribution is -2.43. The Hall–Kier alpha value is -4.29. The Bertz CT molecular complexity index is 1710. The summed E-state index contributed by atoms with van der Waals surface area (Å²) in [5, 5.41) is 21.2. The molecule has 3 unspecified atom stereocenters. The molecule has 1 amide bonds. The van der Waals surface area contributed by atoms with Crippen LogP contribution in [0.4, 0.5) is 5.69 Å². The molecule has 0 saturated carbocycles. The molecule has 11 heteroatoms. The highest BCUT2D eigenvalue weighted by Gasteiger charge is 2.34. The molecule has 2 saturated heterocycles. The van der Waals surface area contributed by atoms with Crippen molar-refractivity contribution < 1.29 is 29.3 Å². The molecule has 6 rings (SSSR count). The summed E-state index contributed by atoms with van der Waals surface area (Å²) in [5.41, 5.74) is 4.91. The number of carbonyl (C=O) groups excluding carboxylic acids is 1. The highest BCUT2D eigenvalue weighted by molar-refractivity contribution is 5.91. The lowest BCUT2D eigenvalue weighted by Gasteiger charge is -2.40. The maximum absolute atomic E-state index is 12.8. The van der Waals surface area contributed by atoms with Gasteiger partial charge in [-0.15, -0.1) is 0 Å². The molecule has 46 heavy (non-hydrogen) atoms. The molecule has 0 aliphatic carbocycles. The van der Waals surface area contributed by atoms with E-state index in [1.807, 2.05) is 71.3 Å². The summed E-state index contributed by atoms with van der Waals surface area (Å²) in [5.74, 6) is -1.17. The monoisotopic (exact) mass is 628 g/mol. The Morgan fingerprint density at radius 2 is 1.72 bits per heavy atom. The molecular weight excluding hydrogens is 588 g/mol. The van der Waals surface area contributed by atoms with Gasteiger partial charge in [0.05, 0.1) is 29.8 Å². The maximum Gasteiger partial charge on any atom is 0.326 e. The van der Waals surface area contributed by atoms with Gasteiger partial charge in [-0.3, -0.25) is 14.2 Å². The number of carboxylic acids is 1. The number of likely N-dealkylation sites (tertiary alicyclic amines) is 1. The Morgan fingerprint density at radius 3 is 2.48 bits per heavy atom. The van der Waals surface area contributed by atoms with E-state index < -0.39 is 12.3 Å². The number of para-hydroxylation sites is 2. The number of anilines is 1. The van der Waals surface area contributed by atoms with Crippen molar-refractivity contribution in [2.75, 3.05) is 25.0 Å². The van der Waals surface area contributed by atoms with Crippen molar-refractivity contribution in [3.8, 4) is 0 Å². The lowest BCUT2D eigenvalue weighted by atomic mass is 9.98. The second kappa shape index (κ2) is 14.4. The zero-order chi connectivity index (χ0) is 32.0. The smallest absolute Gasteiger partial charge is 0.326 e. The van der Waals surface area contributed by atoms with Gasteiger partial charge in [0.15, 0.2) is 6.29 Å². The van der Waals surface area contributed by atoms with Gasteiger partial charge in [-0.25, -0.2) is 4.79 Å². The first-order valence-electron chi connectivity index (χ1n) is 15.9. The Kier molecular flexibility index (Phi) is 9.94. The number of nitrogens with one attached hydrogen (secondary N) is 2. The third kappa shape index (κ3) is 7.56. The third-order valence-electron chi connectivity index (χ3n) is 8.86. The number of ether oxygens (including phenoxy) is 2. The van der Waals surface area contributed by atoms with E-state index in [2.05, 4.69) is 15.2 Å². The highest BCUT2D eigenvalue weighted by atomic mass is 16.7. The van der Waals surface area contributed by atoms with Gasteiger partial charge in [0.25, 0.3) is 0 Å². The van der Waals surface area contributed by atoms with Gasteiger partial charge in [-0.1, -0.05) is 48.5 Å². The van der Waals surface area contributed by atoms with Crippen LogP contribution in [0.2, 0.25) is 0 Å². The minimum absolute atomic E-state index is 0.0321. The van der Waals surface area contributed by atoms with E-state index in [4.69, 9.17) is 14.6 Å². The largest absolute Gasteiger partial charge is 0.481 e. The fraction of sp³-hybridized carbons (Fsp3) is 0.400. The summed E-state index contributed by atoms with van der Waals surface area (Å²) >= 11 is 0. The number of hydrogen-bond acceptors (Lipinski definition) is 7. The summed E-state index contributed by atoms with van der Waals surface area (Å²) in [4.78, 5) is 41.4. The van der Waals surface area contributed by atoms with E-state index in [1.54, 1.807) is 6.07 Å². The molecule has 242 valence electrons. The number of rotatable bonds is 11. The summed E-state index contributed by atoms with van der Waals surface area (Å²) < 4.78 is 15.0.